The molecule has 0 aliphatic carbocycles. The zero-order valence-electron chi connectivity index (χ0n) is 21.9. The first-order chi connectivity index (χ1) is 19.8. The molecule has 206 valence electrons. The summed E-state index contributed by atoms with van der Waals surface area (Å²) in [4.78, 5) is 13.7. The van der Waals surface area contributed by atoms with Crippen LogP contribution in [0.2, 0.25) is 0 Å². The van der Waals surface area contributed by atoms with Crippen LogP contribution in [0.1, 0.15) is 15.9 Å². The number of amides is 1. The Morgan fingerprint density at radius 2 is 0.854 bits per heavy atom. The van der Waals surface area contributed by atoms with Crippen molar-refractivity contribution >= 4 is 35.2 Å². The van der Waals surface area contributed by atoms with E-state index in [0.29, 0.717) is 5.56 Å². The maximum absolute atomic E-state index is 13.7. The lowest BCUT2D eigenvalue weighted by Gasteiger charge is -2.29. The van der Waals surface area contributed by atoms with Crippen LogP contribution in [0, 0.1) is 10.2 Å². The second-order valence-electron chi connectivity index (χ2n) is 8.82. The molecule has 1 N–H and O–H groups in total. The largest absolute Gasteiger partial charge is 0.292 e. The van der Waals surface area contributed by atoms with Gasteiger partial charge in [0.15, 0.2) is 12.7 Å². The van der Waals surface area contributed by atoms with Crippen LogP contribution in [0.3, 0.4) is 0 Å². The van der Waals surface area contributed by atoms with E-state index in [1.807, 2.05) is 66.7 Å². The molecule has 1 amide bonds. The normalized spacial score (nSPS) is 11.7. The summed E-state index contributed by atoms with van der Waals surface area (Å²) < 4.78 is 34.0. The van der Waals surface area contributed by atoms with E-state index in [1.54, 1.807) is 0 Å². The van der Waals surface area contributed by atoms with Gasteiger partial charge in [-0.3, -0.25) is 10.1 Å². The molecule has 0 spiro atoms. The van der Waals surface area contributed by atoms with Gasteiger partial charge >= 0.3 is 0 Å². The third-order valence-electron chi connectivity index (χ3n) is 6.17. The SMILES string of the molecule is O=C(N/C(=C\c1ccccc1)[P+](c1ccccc1)(c1ccccc1)c1ccccc1)c1ccccc1.[O-][Cl+3]([O-])([O-])[O-]. The van der Waals surface area contributed by atoms with Gasteiger partial charge in [-0.05, 0) is 54.1 Å². The van der Waals surface area contributed by atoms with Crippen LogP contribution < -0.4 is 39.9 Å². The van der Waals surface area contributed by atoms with Crippen LogP contribution in [-0.2, 0) is 0 Å². The van der Waals surface area contributed by atoms with Crippen molar-refractivity contribution in [1.29, 1.82) is 0 Å². The minimum atomic E-state index is -4.94. The second kappa shape index (κ2) is 14.0. The van der Waals surface area contributed by atoms with Crippen molar-refractivity contribution in [2.45, 2.75) is 0 Å². The van der Waals surface area contributed by atoms with Gasteiger partial charge in [-0.15, -0.1) is 10.2 Å². The molecular weight excluding hydrogens is 557 g/mol. The Labute approximate surface area is 242 Å². The molecule has 0 radical (unpaired) electrons. The van der Waals surface area contributed by atoms with E-state index >= 15 is 0 Å². The third kappa shape index (κ3) is 7.97. The lowest BCUT2D eigenvalue weighted by Crippen LogP contribution is -2.68. The Bertz CT molecular complexity index is 1440. The first kappa shape index (κ1) is 29.8. The molecule has 0 aliphatic rings. The summed E-state index contributed by atoms with van der Waals surface area (Å²) in [7, 11) is -7.42. The van der Waals surface area contributed by atoms with Gasteiger partial charge in [0.25, 0.3) is 5.91 Å². The summed E-state index contributed by atoms with van der Waals surface area (Å²) in [5.41, 5.74) is 2.56. The van der Waals surface area contributed by atoms with Gasteiger partial charge in [-0.1, -0.05) is 103 Å². The van der Waals surface area contributed by atoms with E-state index in [4.69, 9.17) is 18.6 Å². The average molecular weight is 584 g/mol. The Morgan fingerprint density at radius 3 is 1.22 bits per heavy atom. The van der Waals surface area contributed by atoms with Crippen molar-refractivity contribution in [3.05, 3.63) is 168 Å². The number of hydrogen-bond donors (Lipinski definition) is 1. The summed E-state index contributed by atoms with van der Waals surface area (Å²) in [5.74, 6) is -0.120. The maximum atomic E-state index is 13.7. The third-order valence-corrected chi connectivity index (χ3v) is 10.4. The summed E-state index contributed by atoms with van der Waals surface area (Å²) in [6, 6.07) is 51.3. The topological polar surface area (TPSA) is 121 Å². The first-order valence-electron chi connectivity index (χ1n) is 12.6. The maximum Gasteiger partial charge on any atom is 0.258 e. The molecule has 5 aromatic carbocycles. The van der Waals surface area contributed by atoms with E-state index < -0.39 is 17.5 Å². The molecule has 0 fully saturated rings. The van der Waals surface area contributed by atoms with Gasteiger partial charge in [-0.2, -0.15) is 0 Å². The highest BCUT2D eigenvalue weighted by Crippen LogP contribution is 2.61. The highest BCUT2D eigenvalue weighted by molar-refractivity contribution is 7.99. The van der Waals surface area contributed by atoms with Gasteiger partial charge in [0.2, 0.25) is 0 Å². The van der Waals surface area contributed by atoms with Gasteiger partial charge < -0.3 is 0 Å². The molecule has 5 aromatic rings. The van der Waals surface area contributed by atoms with Crippen molar-refractivity contribution in [2.75, 3.05) is 0 Å². The fourth-order valence-electron chi connectivity index (χ4n) is 4.52. The molecule has 0 saturated heterocycles. The number of hydrogen-bond acceptors (Lipinski definition) is 5. The summed E-state index contributed by atoms with van der Waals surface area (Å²) in [5, 5.41) is 6.93. The molecule has 0 unspecified atom stereocenters. The molecular formula is C33H27ClNO5P. The number of carbonyl (C=O) groups excluding carboxylic acids is 1. The summed E-state index contributed by atoms with van der Waals surface area (Å²) >= 11 is 0. The average Bonchev–Trinajstić information content (AvgIpc) is 2.99. The van der Waals surface area contributed by atoms with Gasteiger partial charge in [0.1, 0.15) is 15.9 Å². The molecule has 0 aliphatic heterocycles. The molecule has 0 heterocycles. The molecule has 0 bridgehead atoms. The standard InChI is InChI=1S/C33H26NOP.ClHO4/c35-33(28-18-8-2-9-19-28)34-32(26-27-16-6-1-7-17-27)36(29-20-10-3-11-21-29,30-22-12-4-13-23-30)31-24-14-5-15-25-31;2-1(3,4)5/h1-26H;(H,2,3,4,5)/b32-26+;. The lowest BCUT2D eigenvalue weighted by molar-refractivity contribution is -2.00. The first-order valence-corrected chi connectivity index (χ1v) is 15.6. The Balaban J connectivity index is 0.000000714. The quantitative estimate of drug-likeness (QED) is 0.292. The van der Waals surface area contributed by atoms with Crippen molar-refractivity contribution < 1.29 is 33.7 Å². The van der Waals surface area contributed by atoms with Gasteiger partial charge in [-0.25, -0.2) is 18.6 Å². The van der Waals surface area contributed by atoms with Crippen LogP contribution in [0.4, 0.5) is 0 Å². The molecule has 41 heavy (non-hydrogen) atoms. The minimum Gasteiger partial charge on any atom is -0.292 e. The molecule has 6 nitrogen and oxygen atoms in total. The fraction of sp³-hybridized carbons (Fsp3) is 0. The highest BCUT2D eigenvalue weighted by Gasteiger charge is 2.50. The number of rotatable bonds is 7. The van der Waals surface area contributed by atoms with E-state index in [9.17, 15) is 4.79 Å². The highest BCUT2D eigenvalue weighted by atomic mass is 35.7. The molecule has 8 heteroatoms. The van der Waals surface area contributed by atoms with Crippen molar-refractivity contribution in [3.63, 3.8) is 0 Å². The Kier molecular flexibility index (Phi) is 10.2. The zero-order valence-corrected chi connectivity index (χ0v) is 23.5. The fourth-order valence-corrected chi connectivity index (χ4v) is 8.72. The lowest BCUT2D eigenvalue weighted by atomic mass is 10.2. The monoisotopic (exact) mass is 583 g/mol. The number of halogens is 1. The van der Waals surface area contributed by atoms with Crippen LogP contribution in [-0.4, -0.2) is 5.91 Å². The van der Waals surface area contributed by atoms with Crippen LogP contribution in [0.5, 0.6) is 0 Å². The Hall–Kier alpha value is -4.13. The predicted molar refractivity (Wildman–Crippen MR) is 153 cm³/mol. The molecule has 5 rings (SSSR count). The number of carbonyl (C=O) groups is 1. The van der Waals surface area contributed by atoms with E-state index in [0.717, 1.165) is 11.0 Å². The van der Waals surface area contributed by atoms with Crippen molar-refractivity contribution in [1.82, 2.24) is 5.32 Å². The van der Waals surface area contributed by atoms with Crippen molar-refractivity contribution in [2.24, 2.45) is 0 Å². The number of benzene rings is 5. The van der Waals surface area contributed by atoms with Crippen LogP contribution in [0.25, 0.3) is 6.08 Å². The van der Waals surface area contributed by atoms with E-state index in [2.05, 4.69) is 96.3 Å². The van der Waals surface area contributed by atoms with E-state index in [1.165, 1.54) is 15.9 Å². The smallest absolute Gasteiger partial charge is 0.258 e. The molecule has 0 atom stereocenters. The predicted octanol–water partition coefficient (Wildman–Crippen LogP) is 1.65. The zero-order chi connectivity index (χ0) is 29.1. The van der Waals surface area contributed by atoms with Crippen LogP contribution in [0.15, 0.2) is 157 Å². The number of nitrogens with one attached hydrogen (secondary N) is 1. The van der Waals surface area contributed by atoms with Crippen molar-refractivity contribution in [3.8, 4) is 0 Å². The Morgan fingerprint density at radius 1 is 0.537 bits per heavy atom. The van der Waals surface area contributed by atoms with E-state index in [-0.39, 0.29) is 5.91 Å². The van der Waals surface area contributed by atoms with Gasteiger partial charge in [0, 0.05) is 11.6 Å². The van der Waals surface area contributed by atoms with Gasteiger partial charge in [0.05, 0.1) is 0 Å². The summed E-state index contributed by atoms with van der Waals surface area (Å²) in [6.45, 7) is 0. The molecule has 0 saturated carbocycles. The molecule has 0 aromatic heterocycles. The van der Waals surface area contributed by atoms with Crippen LogP contribution >= 0.6 is 7.26 Å². The second-order valence-corrected chi connectivity index (χ2v) is 12.9. The summed E-state index contributed by atoms with van der Waals surface area (Å²) in [6.07, 6.45) is 2.14. The minimum absolute atomic E-state index is 0.120.